The van der Waals surface area contributed by atoms with Gasteiger partial charge in [0.15, 0.2) is 9.84 Å². The van der Waals surface area contributed by atoms with Crippen LogP contribution in [0, 0.1) is 6.92 Å². The van der Waals surface area contributed by atoms with Crippen molar-refractivity contribution in [2.75, 3.05) is 30.8 Å². The number of rotatable bonds is 6. The van der Waals surface area contributed by atoms with Crippen molar-refractivity contribution in [1.29, 1.82) is 0 Å². The number of piperazine rings is 1. The molecule has 4 aromatic rings. The van der Waals surface area contributed by atoms with Gasteiger partial charge in [0.2, 0.25) is 5.91 Å². The summed E-state index contributed by atoms with van der Waals surface area (Å²) in [5, 5.41) is 6.45. The molecule has 1 fully saturated rings. The number of sulfone groups is 1. The lowest BCUT2D eigenvalue weighted by Gasteiger charge is -2.27. The van der Waals surface area contributed by atoms with E-state index >= 15 is 0 Å². The zero-order chi connectivity index (χ0) is 26.9. The molecular weight excluding hydrogens is 504 g/mol. The summed E-state index contributed by atoms with van der Waals surface area (Å²) < 4.78 is 24.0. The Morgan fingerprint density at radius 2 is 1.89 bits per heavy atom. The van der Waals surface area contributed by atoms with E-state index in [0.717, 1.165) is 11.6 Å². The number of carbonyl (C=O) groups excluding carboxylic acids is 2. The average molecular weight is 531 g/mol. The molecule has 1 aliphatic heterocycles. The highest BCUT2D eigenvalue weighted by molar-refractivity contribution is 7.90. The lowest BCUT2D eigenvalue weighted by molar-refractivity contribution is -0.120. The van der Waals surface area contributed by atoms with E-state index < -0.39 is 15.7 Å². The molecule has 10 nitrogen and oxygen atoms in total. The van der Waals surface area contributed by atoms with Crippen LogP contribution in [0.5, 0.6) is 0 Å². The fraction of sp³-hybridized carbons (Fsp3) is 0.222. The Kier molecular flexibility index (Phi) is 6.77. The number of fused-ring (bicyclic) bond motifs is 1. The molecule has 1 saturated heterocycles. The molecule has 0 spiro atoms. The highest BCUT2D eigenvalue weighted by Crippen LogP contribution is 2.23. The first-order valence-corrected chi connectivity index (χ1v) is 13.9. The number of hydrogen-bond donors (Lipinski definition) is 2. The van der Waals surface area contributed by atoms with Crippen molar-refractivity contribution in [3.63, 3.8) is 0 Å². The molecule has 0 bridgehead atoms. The summed E-state index contributed by atoms with van der Waals surface area (Å²) in [7, 11) is -3.45. The van der Waals surface area contributed by atoms with Crippen LogP contribution in [-0.4, -0.2) is 61.1 Å². The number of aromatic nitrogens is 3. The second kappa shape index (κ2) is 10.2. The van der Waals surface area contributed by atoms with E-state index in [1.807, 2.05) is 35.2 Å². The molecule has 38 heavy (non-hydrogen) atoms. The first-order chi connectivity index (χ1) is 18.2. The molecule has 5 rings (SSSR count). The van der Waals surface area contributed by atoms with Crippen molar-refractivity contribution in [3.05, 3.63) is 77.6 Å². The molecular formula is C27H26N6O4S. The van der Waals surface area contributed by atoms with Crippen LogP contribution in [0.25, 0.3) is 22.3 Å². The molecule has 0 aliphatic carbocycles. The molecule has 3 aromatic heterocycles. The van der Waals surface area contributed by atoms with Gasteiger partial charge in [0.1, 0.15) is 5.82 Å². The van der Waals surface area contributed by atoms with Gasteiger partial charge < -0.3 is 15.5 Å². The number of aryl methyl sites for hydroxylation is 1. The van der Waals surface area contributed by atoms with E-state index in [1.165, 1.54) is 6.07 Å². The molecule has 2 amide bonds. The van der Waals surface area contributed by atoms with Crippen LogP contribution in [0.1, 0.15) is 21.6 Å². The normalized spacial score (nSPS) is 13.8. The Morgan fingerprint density at radius 3 is 2.68 bits per heavy atom. The van der Waals surface area contributed by atoms with Crippen molar-refractivity contribution in [2.24, 2.45) is 0 Å². The van der Waals surface area contributed by atoms with E-state index in [-0.39, 0.29) is 29.5 Å². The largest absolute Gasteiger partial charge is 0.353 e. The topological polar surface area (TPSA) is 134 Å². The third-order valence-corrected chi connectivity index (χ3v) is 7.51. The van der Waals surface area contributed by atoms with E-state index in [1.54, 1.807) is 31.3 Å². The summed E-state index contributed by atoms with van der Waals surface area (Å²) in [5.74, 6) is 0.288. The van der Waals surface area contributed by atoms with Crippen molar-refractivity contribution in [1.82, 2.24) is 25.6 Å². The van der Waals surface area contributed by atoms with Crippen molar-refractivity contribution < 1.29 is 18.0 Å². The number of nitrogens with zero attached hydrogens (tertiary/aromatic N) is 4. The third-order valence-electron chi connectivity index (χ3n) is 6.27. The van der Waals surface area contributed by atoms with Crippen molar-refractivity contribution in [3.8, 4) is 11.4 Å². The number of anilines is 1. The quantitative estimate of drug-likeness (QED) is 0.388. The van der Waals surface area contributed by atoms with Crippen LogP contribution in [-0.2, 0) is 21.2 Å². The Bertz CT molecular complexity index is 1670. The predicted molar refractivity (Wildman–Crippen MR) is 143 cm³/mol. The summed E-state index contributed by atoms with van der Waals surface area (Å²) in [6.45, 7) is 3.37. The Balaban J connectivity index is 1.34. The van der Waals surface area contributed by atoms with E-state index in [2.05, 4.69) is 15.6 Å². The van der Waals surface area contributed by atoms with E-state index in [0.29, 0.717) is 47.1 Å². The van der Waals surface area contributed by atoms with Gasteiger partial charge in [-0.2, -0.15) is 0 Å². The minimum Gasteiger partial charge on any atom is -0.353 e. The van der Waals surface area contributed by atoms with Gasteiger partial charge in [-0.05, 0) is 55.0 Å². The van der Waals surface area contributed by atoms with Gasteiger partial charge in [0, 0.05) is 36.5 Å². The molecule has 0 unspecified atom stereocenters. The monoisotopic (exact) mass is 530 g/mol. The summed E-state index contributed by atoms with van der Waals surface area (Å²) in [5.41, 5.74) is 3.50. The highest BCUT2D eigenvalue weighted by Gasteiger charge is 2.18. The molecule has 1 aromatic carbocycles. The van der Waals surface area contributed by atoms with Crippen LogP contribution in [0.4, 0.5) is 5.82 Å². The second-order valence-corrected chi connectivity index (χ2v) is 11.1. The zero-order valence-electron chi connectivity index (χ0n) is 20.9. The number of benzene rings is 1. The number of pyridine rings is 3. The highest BCUT2D eigenvalue weighted by atomic mass is 32.2. The van der Waals surface area contributed by atoms with Crippen LogP contribution >= 0.6 is 0 Å². The smallest absolute Gasteiger partial charge is 0.251 e. The van der Waals surface area contributed by atoms with Crippen LogP contribution in [0.3, 0.4) is 0 Å². The third kappa shape index (κ3) is 5.47. The van der Waals surface area contributed by atoms with Gasteiger partial charge in [0.25, 0.3) is 5.91 Å². The number of nitrogens with one attached hydrogen (secondary N) is 2. The Labute approximate surface area is 220 Å². The summed E-state index contributed by atoms with van der Waals surface area (Å²) >= 11 is 0. The predicted octanol–water partition coefficient (Wildman–Crippen LogP) is 2.27. The van der Waals surface area contributed by atoms with Gasteiger partial charge >= 0.3 is 0 Å². The molecule has 11 heteroatoms. The maximum atomic E-state index is 12.7. The van der Waals surface area contributed by atoms with E-state index in [4.69, 9.17) is 9.97 Å². The van der Waals surface area contributed by atoms with E-state index in [9.17, 15) is 18.0 Å². The molecule has 1 aliphatic rings. The summed E-state index contributed by atoms with van der Waals surface area (Å²) in [6, 6.07) is 15.8. The number of hydrogen-bond acceptors (Lipinski definition) is 8. The van der Waals surface area contributed by atoms with Gasteiger partial charge in [-0.1, -0.05) is 12.1 Å². The Morgan fingerprint density at radius 1 is 1.08 bits per heavy atom. The lowest BCUT2D eigenvalue weighted by atomic mass is 10.1. The summed E-state index contributed by atoms with van der Waals surface area (Å²) in [6.07, 6.45) is 2.81. The SMILES string of the molecule is Cc1ccc(C(=O)NCc2cc3nc(-c4cccc(N5CCNC(=O)C5)n4)ccc3cn2)cc1S(C)(=O)=O. The molecule has 0 saturated carbocycles. The molecule has 194 valence electrons. The van der Waals surface area contributed by atoms with Gasteiger partial charge in [-0.3, -0.25) is 14.6 Å². The van der Waals surface area contributed by atoms with Gasteiger partial charge in [0.05, 0.1) is 40.6 Å². The minimum absolute atomic E-state index is 0.0300. The Hall–Kier alpha value is -4.38. The zero-order valence-corrected chi connectivity index (χ0v) is 21.7. The number of carbonyl (C=O) groups is 2. The van der Waals surface area contributed by atoms with Crippen molar-refractivity contribution >= 4 is 38.4 Å². The fourth-order valence-corrected chi connectivity index (χ4v) is 5.28. The second-order valence-electron chi connectivity index (χ2n) is 9.15. The van der Waals surface area contributed by atoms with Crippen LogP contribution < -0.4 is 15.5 Å². The molecule has 0 radical (unpaired) electrons. The lowest BCUT2D eigenvalue weighted by Crippen LogP contribution is -2.48. The maximum absolute atomic E-state index is 12.7. The first kappa shape index (κ1) is 25.3. The maximum Gasteiger partial charge on any atom is 0.251 e. The average Bonchev–Trinajstić information content (AvgIpc) is 2.91. The van der Waals surface area contributed by atoms with Crippen LogP contribution in [0.2, 0.25) is 0 Å². The minimum atomic E-state index is -3.45. The van der Waals surface area contributed by atoms with Crippen LogP contribution in [0.15, 0.2) is 65.7 Å². The molecule has 0 atom stereocenters. The standard InChI is InChI=1S/C27H26N6O4S/c1-17-6-7-18(12-24(17)38(2,36)37)27(35)30-15-20-13-23-19(14-29-20)8-9-22(31-23)21-4-3-5-25(32-21)33-11-10-28-26(34)16-33/h3-9,12-14H,10-11,15-16H2,1-2H3,(H,28,34)(H,30,35). The van der Waals surface area contributed by atoms with Gasteiger partial charge in [-0.15, -0.1) is 0 Å². The van der Waals surface area contributed by atoms with Crippen molar-refractivity contribution in [2.45, 2.75) is 18.4 Å². The molecule has 4 heterocycles. The number of amides is 2. The fourth-order valence-electron chi connectivity index (χ4n) is 4.29. The first-order valence-electron chi connectivity index (χ1n) is 12.0. The summed E-state index contributed by atoms with van der Waals surface area (Å²) in [4.78, 5) is 40.4. The van der Waals surface area contributed by atoms with Gasteiger partial charge in [-0.25, -0.2) is 18.4 Å². The molecule has 2 N–H and O–H groups in total.